The molecule has 0 saturated heterocycles. The molecule has 0 atom stereocenters. The van der Waals surface area contributed by atoms with Crippen LogP contribution < -0.4 is 11.1 Å². The zero-order valence-electron chi connectivity index (χ0n) is 14.2. The highest BCUT2D eigenvalue weighted by Crippen LogP contribution is 2.34. The third kappa shape index (κ3) is 4.07. The van der Waals surface area contributed by atoms with Gasteiger partial charge in [0.1, 0.15) is 5.52 Å². The number of aromatic nitrogens is 2. The van der Waals surface area contributed by atoms with E-state index in [2.05, 4.69) is 26.2 Å². The van der Waals surface area contributed by atoms with E-state index in [0.29, 0.717) is 35.6 Å². The fourth-order valence-corrected chi connectivity index (χ4v) is 3.49. The van der Waals surface area contributed by atoms with Gasteiger partial charge in [0.2, 0.25) is 0 Å². The zero-order chi connectivity index (χ0) is 19.6. The van der Waals surface area contributed by atoms with Gasteiger partial charge in [0, 0.05) is 17.6 Å². The molecule has 6 nitrogen and oxygen atoms in total. The Morgan fingerprint density at radius 3 is 2.81 bits per heavy atom. The maximum absolute atomic E-state index is 15.1. The molecule has 3 rings (SSSR count). The first-order valence-electron chi connectivity index (χ1n) is 8.22. The van der Waals surface area contributed by atoms with Gasteiger partial charge in [0.25, 0.3) is 5.91 Å². The number of unbranched alkanes of at least 4 members (excludes halogenated alkanes) is 1. The molecule has 0 aliphatic rings. The van der Waals surface area contributed by atoms with E-state index in [-0.39, 0.29) is 23.4 Å². The molecule has 0 bridgehead atoms. The van der Waals surface area contributed by atoms with Crippen molar-refractivity contribution in [3.8, 4) is 0 Å². The number of nitrogens with one attached hydrogen (secondary N) is 1. The molecule has 0 radical (unpaired) electrons. The van der Waals surface area contributed by atoms with Crippen LogP contribution in [0, 0.1) is 5.82 Å². The van der Waals surface area contributed by atoms with Crippen LogP contribution in [0.25, 0.3) is 11.0 Å². The van der Waals surface area contributed by atoms with Crippen molar-refractivity contribution in [3.05, 3.63) is 51.5 Å². The third-order valence-electron chi connectivity index (χ3n) is 4.12. The molecule has 4 N–H and O–H groups in total. The number of aryl methyl sites for hydroxylation is 1. The molecule has 1 amide bonds. The minimum absolute atomic E-state index is 0.00268. The molecule has 0 unspecified atom stereocenters. The molecule has 0 aliphatic carbocycles. The predicted octanol–water partition coefficient (Wildman–Crippen LogP) is 4.21. The number of fused-ring (bicyclic) bond motifs is 1. The Labute approximate surface area is 168 Å². The van der Waals surface area contributed by atoms with Gasteiger partial charge < -0.3 is 20.7 Å². The average molecular weight is 456 g/mol. The van der Waals surface area contributed by atoms with Crippen molar-refractivity contribution in [2.24, 2.45) is 5.73 Å². The molecule has 1 heterocycles. The number of primary amides is 1. The van der Waals surface area contributed by atoms with Gasteiger partial charge in [-0.25, -0.2) is 9.37 Å². The summed E-state index contributed by atoms with van der Waals surface area (Å²) in [5.41, 5.74) is 6.44. The third-order valence-corrected chi connectivity index (χ3v) is 4.93. The van der Waals surface area contributed by atoms with Gasteiger partial charge >= 0.3 is 0 Å². The standard InChI is InChI=1S/C18H17BrClFN4O2/c19-10-3-4-13(12(20)7-10)24-16-11(18(22)27)8-14-17(15(16)21)23-9-25(14)5-1-2-6-26/h3-4,7-9,24,26H,1-2,5-6H2,(H2,22,27). The minimum atomic E-state index is -0.769. The summed E-state index contributed by atoms with van der Waals surface area (Å²) < 4.78 is 17.7. The Morgan fingerprint density at radius 2 is 2.15 bits per heavy atom. The van der Waals surface area contributed by atoms with Gasteiger partial charge in [-0.1, -0.05) is 27.5 Å². The summed E-state index contributed by atoms with van der Waals surface area (Å²) in [4.78, 5) is 16.1. The van der Waals surface area contributed by atoms with Crippen molar-refractivity contribution >= 4 is 55.8 Å². The first kappa shape index (κ1) is 19.6. The number of benzene rings is 2. The van der Waals surface area contributed by atoms with Crippen LogP contribution in [0.1, 0.15) is 23.2 Å². The molecular formula is C18H17BrClFN4O2. The number of nitrogens with two attached hydrogens (primary N) is 1. The molecular weight excluding hydrogens is 439 g/mol. The van der Waals surface area contributed by atoms with Crippen LogP contribution in [0.15, 0.2) is 35.1 Å². The second-order valence-electron chi connectivity index (χ2n) is 5.96. The number of carbonyl (C=O) groups is 1. The van der Waals surface area contributed by atoms with Crippen LogP contribution in [-0.4, -0.2) is 27.2 Å². The van der Waals surface area contributed by atoms with E-state index in [0.717, 1.165) is 4.47 Å². The van der Waals surface area contributed by atoms with Crippen LogP contribution in [0.3, 0.4) is 0 Å². The summed E-state index contributed by atoms with van der Waals surface area (Å²) in [7, 11) is 0. The van der Waals surface area contributed by atoms with E-state index in [1.165, 1.54) is 12.4 Å². The van der Waals surface area contributed by atoms with Crippen LogP contribution in [0.2, 0.25) is 5.02 Å². The lowest BCUT2D eigenvalue weighted by molar-refractivity contribution is 0.100. The summed E-state index contributed by atoms with van der Waals surface area (Å²) in [5.74, 6) is -1.45. The highest BCUT2D eigenvalue weighted by Gasteiger charge is 2.21. The first-order chi connectivity index (χ1) is 12.9. The molecule has 0 fully saturated rings. The molecule has 2 aromatic carbocycles. The second kappa shape index (κ2) is 8.24. The fourth-order valence-electron chi connectivity index (χ4n) is 2.77. The fraction of sp³-hybridized carbons (Fsp3) is 0.222. The van der Waals surface area contributed by atoms with Crippen molar-refractivity contribution in [1.29, 1.82) is 0 Å². The van der Waals surface area contributed by atoms with Gasteiger partial charge in [0.05, 0.1) is 33.8 Å². The Hall–Kier alpha value is -2.16. The lowest BCUT2D eigenvalue weighted by Gasteiger charge is -2.14. The first-order valence-corrected chi connectivity index (χ1v) is 9.39. The van der Waals surface area contributed by atoms with E-state index in [9.17, 15) is 4.79 Å². The molecule has 142 valence electrons. The predicted molar refractivity (Wildman–Crippen MR) is 107 cm³/mol. The van der Waals surface area contributed by atoms with E-state index >= 15 is 4.39 Å². The van der Waals surface area contributed by atoms with Crippen LogP contribution >= 0.6 is 27.5 Å². The number of nitrogens with zero attached hydrogens (tertiary/aromatic N) is 2. The van der Waals surface area contributed by atoms with Gasteiger partial charge in [0.15, 0.2) is 5.82 Å². The smallest absolute Gasteiger partial charge is 0.251 e. The number of carbonyl (C=O) groups excluding carboxylic acids is 1. The average Bonchev–Trinajstić information content (AvgIpc) is 3.02. The van der Waals surface area contributed by atoms with Gasteiger partial charge in [-0.2, -0.15) is 0 Å². The highest BCUT2D eigenvalue weighted by molar-refractivity contribution is 9.10. The van der Waals surface area contributed by atoms with Crippen LogP contribution in [-0.2, 0) is 6.54 Å². The van der Waals surface area contributed by atoms with E-state index in [1.54, 1.807) is 22.8 Å². The monoisotopic (exact) mass is 454 g/mol. The molecule has 3 aromatic rings. The van der Waals surface area contributed by atoms with Crippen LogP contribution in [0.5, 0.6) is 0 Å². The number of hydrogen-bond acceptors (Lipinski definition) is 4. The largest absolute Gasteiger partial charge is 0.396 e. The Balaban J connectivity index is 2.08. The van der Waals surface area contributed by atoms with Crippen molar-refractivity contribution in [3.63, 3.8) is 0 Å². The van der Waals surface area contributed by atoms with E-state index in [1.807, 2.05) is 0 Å². The molecule has 27 heavy (non-hydrogen) atoms. The summed E-state index contributed by atoms with van der Waals surface area (Å²) >= 11 is 9.49. The number of rotatable bonds is 7. The SMILES string of the molecule is NC(=O)c1cc2c(ncn2CCCCO)c(F)c1Nc1ccc(Br)cc1Cl. The Morgan fingerprint density at radius 1 is 1.37 bits per heavy atom. The normalized spacial score (nSPS) is 11.1. The van der Waals surface area contributed by atoms with Gasteiger partial charge in [-0.3, -0.25) is 4.79 Å². The van der Waals surface area contributed by atoms with Gasteiger partial charge in [-0.05, 0) is 37.1 Å². The molecule has 1 aromatic heterocycles. The maximum Gasteiger partial charge on any atom is 0.251 e. The minimum Gasteiger partial charge on any atom is -0.396 e. The molecule has 9 heteroatoms. The van der Waals surface area contributed by atoms with E-state index < -0.39 is 11.7 Å². The number of imidazole rings is 1. The van der Waals surface area contributed by atoms with Crippen molar-refractivity contribution in [2.75, 3.05) is 11.9 Å². The van der Waals surface area contributed by atoms with Crippen LogP contribution in [0.4, 0.5) is 15.8 Å². The van der Waals surface area contributed by atoms with Gasteiger partial charge in [-0.15, -0.1) is 0 Å². The Kier molecular flexibility index (Phi) is 5.98. The number of amides is 1. The van der Waals surface area contributed by atoms with Crippen molar-refractivity contribution < 1.29 is 14.3 Å². The van der Waals surface area contributed by atoms with Crippen molar-refractivity contribution in [1.82, 2.24) is 9.55 Å². The number of hydrogen-bond donors (Lipinski definition) is 3. The summed E-state index contributed by atoms with van der Waals surface area (Å²) in [6.07, 6.45) is 2.82. The second-order valence-corrected chi connectivity index (χ2v) is 7.29. The number of aliphatic hydroxyl groups excluding tert-OH is 1. The summed E-state index contributed by atoms with van der Waals surface area (Å²) in [6, 6.07) is 6.57. The topological polar surface area (TPSA) is 93.2 Å². The summed E-state index contributed by atoms with van der Waals surface area (Å²) in [6.45, 7) is 0.621. The lowest BCUT2D eigenvalue weighted by Crippen LogP contribution is -2.15. The molecule has 0 spiro atoms. The van der Waals surface area contributed by atoms with Crippen molar-refractivity contribution in [2.45, 2.75) is 19.4 Å². The Bertz CT molecular complexity index is 1010. The molecule has 0 saturated carbocycles. The number of anilines is 2. The lowest BCUT2D eigenvalue weighted by atomic mass is 10.1. The highest BCUT2D eigenvalue weighted by atomic mass is 79.9. The zero-order valence-corrected chi connectivity index (χ0v) is 16.5. The van der Waals surface area contributed by atoms with E-state index in [4.69, 9.17) is 22.4 Å². The summed E-state index contributed by atoms with van der Waals surface area (Å²) in [5, 5.41) is 12.1. The maximum atomic E-state index is 15.1. The number of aliphatic hydroxyl groups is 1. The molecule has 0 aliphatic heterocycles. The number of halogens is 3. The quantitative estimate of drug-likeness (QED) is 0.465.